The van der Waals surface area contributed by atoms with Gasteiger partial charge in [0, 0.05) is 41.3 Å². The van der Waals surface area contributed by atoms with Gasteiger partial charge >= 0.3 is 0 Å². The zero-order valence-corrected chi connectivity index (χ0v) is 14.7. The zero-order valence-electron chi connectivity index (χ0n) is 13.8. The van der Waals surface area contributed by atoms with E-state index in [9.17, 15) is 0 Å². The van der Waals surface area contributed by atoms with Crippen LogP contribution in [0.25, 0.3) is 0 Å². The van der Waals surface area contributed by atoms with Gasteiger partial charge in [-0.15, -0.1) is 0 Å². The highest BCUT2D eigenvalue weighted by atomic mass is 32.2. The Morgan fingerprint density at radius 2 is 1.91 bits per heavy atom. The van der Waals surface area contributed by atoms with E-state index in [1.807, 2.05) is 0 Å². The number of benzene rings is 2. The van der Waals surface area contributed by atoms with Gasteiger partial charge in [0.1, 0.15) is 0 Å². The van der Waals surface area contributed by atoms with Crippen molar-refractivity contribution in [3.05, 3.63) is 53.1 Å². The van der Waals surface area contributed by atoms with Crippen LogP contribution in [0.2, 0.25) is 0 Å². The SMILES string of the molecule is COCCNCc1ccc2c(c1)N=C(C)c1cc(C)ccc1S2. The monoisotopic (exact) mass is 326 g/mol. The third-order valence-electron chi connectivity index (χ3n) is 3.87. The highest BCUT2D eigenvalue weighted by molar-refractivity contribution is 7.99. The molecule has 0 unspecified atom stereocenters. The Hall–Kier alpha value is -1.62. The van der Waals surface area contributed by atoms with Crippen LogP contribution in [0.5, 0.6) is 0 Å². The smallest absolute Gasteiger partial charge is 0.0775 e. The molecule has 0 spiro atoms. The lowest BCUT2D eigenvalue weighted by Crippen LogP contribution is -2.18. The summed E-state index contributed by atoms with van der Waals surface area (Å²) in [7, 11) is 1.72. The first-order chi connectivity index (χ1) is 11.2. The van der Waals surface area contributed by atoms with Crippen molar-refractivity contribution in [1.82, 2.24) is 5.32 Å². The zero-order chi connectivity index (χ0) is 16.2. The minimum absolute atomic E-state index is 0.729. The van der Waals surface area contributed by atoms with Gasteiger partial charge in [-0.25, -0.2) is 0 Å². The van der Waals surface area contributed by atoms with Gasteiger partial charge in [-0.3, -0.25) is 4.99 Å². The van der Waals surface area contributed by atoms with Crippen LogP contribution in [-0.2, 0) is 11.3 Å². The molecular weight excluding hydrogens is 304 g/mol. The van der Waals surface area contributed by atoms with E-state index in [2.05, 4.69) is 55.6 Å². The minimum Gasteiger partial charge on any atom is -0.383 e. The summed E-state index contributed by atoms with van der Waals surface area (Å²) in [4.78, 5) is 7.37. The molecule has 0 aromatic heterocycles. The van der Waals surface area contributed by atoms with Gasteiger partial charge in [0.05, 0.1) is 12.3 Å². The average Bonchev–Trinajstić information content (AvgIpc) is 2.67. The van der Waals surface area contributed by atoms with Gasteiger partial charge in [0.15, 0.2) is 0 Å². The quantitative estimate of drug-likeness (QED) is 0.830. The lowest BCUT2D eigenvalue weighted by atomic mass is 10.1. The van der Waals surface area contributed by atoms with Crippen molar-refractivity contribution in [2.75, 3.05) is 20.3 Å². The van der Waals surface area contributed by atoms with Crippen molar-refractivity contribution in [2.45, 2.75) is 30.2 Å². The summed E-state index contributed by atoms with van der Waals surface area (Å²) in [5.41, 5.74) is 5.91. The number of hydrogen-bond acceptors (Lipinski definition) is 4. The van der Waals surface area contributed by atoms with Crippen LogP contribution >= 0.6 is 11.8 Å². The number of hydrogen-bond donors (Lipinski definition) is 1. The van der Waals surface area contributed by atoms with E-state index in [1.165, 1.54) is 26.5 Å². The van der Waals surface area contributed by atoms with Crippen molar-refractivity contribution in [3.8, 4) is 0 Å². The van der Waals surface area contributed by atoms with Crippen LogP contribution in [0.3, 0.4) is 0 Å². The summed E-state index contributed by atoms with van der Waals surface area (Å²) in [6.07, 6.45) is 0. The molecule has 1 aliphatic heterocycles. The lowest BCUT2D eigenvalue weighted by Gasteiger charge is -2.08. The van der Waals surface area contributed by atoms with Gasteiger partial charge in [-0.05, 0) is 43.7 Å². The summed E-state index contributed by atoms with van der Waals surface area (Å²) in [6, 6.07) is 13.1. The Morgan fingerprint density at radius 1 is 1.09 bits per heavy atom. The van der Waals surface area contributed by atoms with Crippen molar-refractivity contribution in [2.24, 2.45) is 4.99 Å². The van der Waals surface area contributed by atoms with Crippen molar-refractivity contribution in [1.29, 1.82) is 0 Å². The third-order valence-corrected chi connectivity index (χ3v) is 5.01. The van der Waals surface area contributed by atoms with Crippen LogP contribution in [0, 0.1) is 6.92 Å². The molecular formula is C19H22N2OS. The number of aryl methyl sites for hydroxylation is 1. The summed E-state index contributed by atoms with van der Waals surface area (Å²) in [6.45, 7) is 6.64. The molecule has 2 aromatic rings. The van der Waals surface area contributed by atoms with Crippen molar-refractivity contribution >= 4 is 23.2 Å². The second-order valence-corrected chi connectivity index (χ2v) is 6.85. The van der Waals surface area contributed by atoms with Gasteiger partial charge in [-0.1, -0.05) is 29.5 Å². The topological polar surface area (TPSA) is 33.6 Å². The molecule has 1 aliphatic rings. The summed E-state index contributed by atoms with van der Waals surface area (Å²) >= 11 is 1.80. The molecule has 3 nitrogen and oxygen atoms in total. The van der Waals surface area contributed by atoms with E-state index >= 15 is 0 Å². The number of methoxy groups -OCH3 is 1. The predicted octanol–water partition coefficient (Wildman–Crippen LogP) is 4.34. The lowest BCUT2D eigenvalue weighted by molar-refractivity contribution is 0.199. The molecule has 2 aromatic carbocycles. The molecule has 1 heterocycles. The standard InChI is InChI=1S/C19H22N2OS/c1-13-4-6-18-16(10-13)14(2)21-17-11-15(5-7-19(17)23-18)12-20-8-9-22-3/h4-7,10-11,20H,8-9,12H2,1-3H3. The second kappa shape index (κ2) is 7.30. The maximum Gasteiger partial charge on any atom is 0.0775 e. The molecule has 0 atom stereocenters. The number of nitrogens with one attached hydrogen (secondary N) is 1. The average molecular weight is 326 g/mol. The summed E-state index contributed by atoms with van der Waals surface area (Å²) in [5.74, 6) is 0. The number of aliphatic imine (C=N–C) groups is 1. The first kappa shape index (κ1) is 16.2. The Bertz CT molecular complexity index is 740. The summed E-state index contributed by atoms with van der Waals surface area (Å²) < 4.78 is 5.06. The van der Waals surface area contributed by atoms with Crippen LogP contribution in [0.1, 0.15) is 23.6 Å². The van der Waals surface area contributed by atoms with Crippen LogP contribution in [0.15, 0.2) is 51.2 Å². The number of ether oxygens (including phenoxy) is 1. The molecule has 0 amide bonds. The fourth-order valence-electron chi connectivity index (χ4n) is 2.63. The van der Waals surface area contributed by atoms with E-state index in [4.69, 9.17) is 9.73 Å². The molecule has 0 saturated heterocycles. The van der Waals surface area contributed by atoms with Gasteiger partial charge in [0.2, 0.25) is 0 Å². The molecule has 0 bridgehead atoms. The molecule has 120 valence electrons. The molecule has 0 fully saturated rings. The maximum atomic E-state index is 5.06. The molecule has 0 saturated carbocycles. The molecule has 23 heavy (non-hydrogen) atoms. The predicted molar refractivity (Wildman–Crippen MR) is 97.2 cm³/mol. The van der Waals surface area contributed by atoms with E-state index in [-0.39, 0.29) is 0 Å². The number of fused-ring (bicyclic) bond motifs is 2. The second-order valence-electron chi connectivity index (χ2n) is 5.77. The molecule has 3 rings (SSSR count). The van der Waals surface area contributed by atoms with Gasteiger partial charge in [-0.2, -0.15) is 0 Å². The van der Waals surface area contributed by atoms with Gasteiger partial charge < -0.3 is 10.1 Å². The van der Waals surface area contributed by atoms with Crippen LogP contribution in [0.4, 0.5) is 5.69 Å². The Balaban J connectivity index is 1.86. The minimum atomic E-state index is 0.729. The fourth-order valence-corrected chi connectivity index (χ4v) is 3.66. The first-order valence-corrected chi connectivity index (χ1v) is 8.66. The maximum absolute atomic E-state index is 5.06. The number of rotatable bonds is 5. The molecule has 0 aliphatic carbocycles. The largest absolute Gasteiger partial charge is 0.383 e. The third kappa shape index (κ3) is 3.83. The number of nitrogens with zero attached hydrogens (tertiary/aromatic N) is 1. The Morgan fingerprint density at radius 3 is 2.74 bits per heavy atom. The highest BCUT2D eigenvalue weighted by Gasteiger charge is 2.15. The Labute approximate surface area is 142 Å². The Kier molecular flexibility index (Phi) is 5.16. The molecule has 1 N–H and O–H groups in total. The van der Waals surface area contributed by atoms with E-state index in [0.29, 0.717) is 0 Å². The summed E-state index contributed by atoms with van der Waals surface area (Å²) in [5, 5.41) is 3.38. The molecule has 4 heteroatoms. The first-order valence-electron chi connectivity index (χ1n) is 7.84. The van der Waals surface area contributed by atoms with Crippen LogP contribution < -0.4 is 5.32 Å². The van der Waals surface area contributed by atoms with E-state index in [1.54, 1.807) is 18.9 Å². The van der Waals surface area contributed by atoms with Crippen molar-refractivity contribution in [3.63, 3.8) is 0 Å². The fraction of sp³-hybridized carbons (Fsp3) is 0.316. The van der Waals surface area contributed by atoms with Crippen LogP contribution in [-0.4, -0.2) is 26.0 Å². The molecule has 0 radical (unpaired) electrons. The van der Waals surface area contributed by atoms with E-state index in [0.717, 1.165) is 31.1 Å². The van der Waals surface area contributed by atoms with Gasteiger partial charge in [0.25, 0.3) is 0 Å². The normalized spacial score (nSPS) is 13.1. The van der Waals surface area contributed by atoms with E-state index < -0.39 is 0 Å². The van der Waals surface area contributed by atoms with Crippen molar-refractivity contribution < 1.29 is 4.74 Å². The highest BCUT2D eigenvalue weighted by Crippen LogP contribution is 2.40.